The van der Waals surface area contributed by atoms with Gasteiger partial charge in [0.05, 0.1) is 24.7 Å². The van der Waals surface area contributed by atoms with E-state index in [-0.39, 0.29) is 5.91 Å². The standard InChI is InChI=1S/C23H25NO3S2/c1-4-26-20-12-18(10-11-19(20)27-15-16(2)3)13-21-22(25)24(23(28)29-21)14-17-8-6-5-7-9-17/h5-13,16H,4,14-15H2,1-3H3/b21-13+. The molecule has 1 heterocycles. The Labute approximate surface area is 181 Å². The number of carbonyl (C=O) groups excluding carboxylic acids is 1. The van der Waals surface area contributed by atoms with Gasteiger partial charge in [0.1, 0.15) is 4.32 Å². The summed E-state index contributed by atoms with van der Waals surface area (Å²) in [4.78, 5) is 15.1. The second-order valence-corrected chi connectivity index (χ2v) is 8.77. The fourth-order valence-electron chi connectivity index (χ4n) is 2.81. The Hall–Kier alpha value is -2.31. The SMILES string of the molecule is CCOc1cc(/C=C2/SC(=S)N(Cc3ccccc3)C2=O)ccc1OCC(C)C. The number of thiocarbonyl (C=S) groups is 1. The van der Waals surface area contributed by atoms with Crippen LogP contribution in [0.1, 0.15) is 31.9 Å². The van der Waals surface area contributed by atoms with E-state index in [1.54, 1.807) is 4.90 Å². The van der Waals surface area contributed by atoms with Gasteiger partial charge in [-0.15, -0.1) is 0 Å². The van der Waals surface area contributed by atoms with Gasteiger partial charge < -0.3 is 9.47 Å². The monoisotopic (exact) mass is 427 g/mol. The molecule has 0 unspecified atom stereocenters. The summed E-state index contributed by atoms with van der Waals surface area (Å²) in [6, 6.07) is 15.6. The number of hydrogen-bond donors (Lipinski definition) is 0. The molecule has 3 rings (SSSR count). The van der Waals surface area contributed by atoms with Crippen LogP contribution in [0.3, 0.4) is 0 Å². The highest BCUT2D eigenvalue weighted by molar-refractivity contribution is 8.26. The summed E-state index contributed by atoms with van der Waals surface area (Å²) in [5, 5.41) is 0. The molecular weight excluding hydrogens is 402 g/mol. The van der Waals surface area contributed by atoms with Crippen molar-refractivity contribution in [2.75, 3.05) is 13.2 Å². The molecule has 0 atom stereocenters. The molecule has 2 aromatic rings. The molecule has 1 saturated heterocycles. The lowest BCUT2D eigenvalue weighted by Gasteiger charge is -2.14. The van der Waals surface area contributed by atoms with Gasteiger partial charge in [0, 0.05) is 0 Å². The highest BCUT2D eigenvalue weighted by atomic mass is 32.2. The zero-order valence-corrected chi connectivity index (χ0v) is 18.5. The van der Waals surface area contributed by atoms with E-state index in [0.717, 1.165) is 11.1 Å². The Morgan fingerprint density at radius 1 is 1.10 bits per heavy atom. The normalized spacial score (nSPS) is 15.4. The van der Waals surface area contributed by atoms with E-state index in [1.165, 1.54) is 11.8 Å². The summed E-state index contributed by atoms with van der Waals surface area (Å²) >= 11 is 6.77. The number of benzene rings is 2. The first-order chi connectivity index (χ1) is 14.0. The third-order valence-electron chi connectivity index (χ3n) is 4.19. The molecule has 1 aliphatic heterocycles. The number of thioether (sulfide) groups is 1. The molecule has 1 amide bonds. The Kier molecular flexibility index (Phi) is 7.34. The van der Waals surface area contributed by atoms with Gasteiger partial charge in [-0.05, 0) is 42.2 Å². The highest BCUT2D eigenvalue weighted by Crippen LogP contribution is 2.35. The number of nitrogens with zero attached hydrogens (tertiary/aromatic N) is 1. The zero-order valence-electron chi connectivity index (χ0n) is 16.9. The predicted molar refractivity (Wildman–Crippen MR) is 123 cm³/mol. The van der Waals surface area contributed by atoms with E-state index in [2.05, 4.69) is 13.8 Å². The first-order valence-electron chi connectivity index (χ1n) is 9.67. The number of ether oxygens (including phenoxy) is 2. The Morgan fingerprint density at radius 3 is 2.55 bits per heavy atom. The lowest BCUT2D eigenvalue weighted by Crippen LogP contribution is -2.27. The van der Waals surface area contributed by atoms with E-state index in [0.29, 0.717) is 46.4 Å². The summed E-state index contributed by atoms with van der Waals surface area (Å²) in [6.07, 6.45) is 1.86. The van der Waals surface area contributed by atoms with Crippen LogP contribution in [0.15, 0.2) is 53.4 Å². The lowest BCUT2D eigenvalue weighted by atomic mass is 10.1. The van der Waals surface area contributed by atoms with E-state index in [9.17, 15) is 4.79 Å². The molecule has 29 heavy (non-hydrogen) atoms. The van der Waals surface area contributed by atoms with Crippen molar-refractivity contribution in [3.8, 4) is 11.5 Å². The molecule has 2 aromatic carbocycles. The first kappa shape index (κ1) is 21.4. The second kappa shape index (κ2) is 9.94. The number of amides is 1. The maximum absolute atomic E-state index is 12.9. The van der Waals surface area contributed by atoms with Gasteiger partial charge in [0.2, 0.25) is 0 Å². The Morgan fingerprint density at radius 2 is 1.86 bits per heavy atom. The predicted octanol–water partition coefficient (Wildman–Crippen LogP) is 5.52. The van der Waals surface area contributed by atoms with Crippen molar-refractivity contribution in [3.63, 3.8) is 0 Å². The molecule has 0 aliphatic carbocycles. The van der Waals surface area contributed by atoms with Gasteiger partial charge in [-0.25, -0.2) is 0 Å². The molecule has 0 N–H and O–H groups in total. The topological polar surface area (TPSA) is 38.8 Å². The maximum atomic E-state index is 12.9. The number of carbonyl (C=O) groups is 1. The molecule has 0 spiro atoms. The van der Waals surface area contributed by atoms with E-state index in [1.807, 2.05) is 61.5 Å². The lowest BCUT2D eigenvalue weighted by molar-refractivity contribution is -0.122. The Balaban J connectivity index is 1.79. The minimum atomic E-state index is -0.0676. The van der Waals surface area contributed by atoms with E-state index in [4.69, 9.17) is 21.7 Å². The van der Waals surface area contributed by atoms with Crippen LogP contribution in [0, 0.1) is 5.92 Å². The van der Waals surface area contributed by atoms with Crippen molar-refractivity contribution in [1.82, 2.24) is 4.90 Å². The van der Waals surface area contributed by atoms with Gasteiger partial charge in [-0.3, -0.25) is 9.69 Å². The molecule has 1 fully saturated rings. The van der Waals surface area contributed by atoms with Crippen LogP contribution in [0.25, 0.3) is 6.08 Å². The summed E-state index contributed by atoms with van der Waals surface area (Å²) < 4.78 is 12.2. The smallest absolute Gasteiger partial charge is 0.266 e. The minimum Gasteiger partial charge on any atom is -0.490 e. The largest absolute Gasteiger partial charge is 0.490 e. The van der Waals surface area contributed by atoms with Crippen LogP contribution in [0.2, 0.25) is 0 Å². The average molecular weight is 428 g/mol. The minimum absolute atomic E-state index is 0.0676. The highest BCUT2D eigenvalue weighted by Gasteiger charge is 2.32. The molecule has 0 radical (unpaired) electrons. The molecule has 0 saturated carbocycles. The van der Waals surface area contributed by atoms with Gasteiger partial charge in [0.25, 0.3) is 5.91 Å². The van der Waals surface area contributed by atoms with Gasteiger partial charge in [-0.1, -0.05) is 74.2 Å². The van der Waals surface area contributed by atoms with Gasteiger partial charge >= 0.3 is 0 Å². The molecular formula is C23H25NO3S2. The number of rotatable bonds is 8. The second-order valence-electron chi connectivity index (χ2n) is 7.10. The average Bonchev–Trinajstić information content (AvgIpc) is 2.96. The van der Waals surface area contributed by atoms with Crippen molar-refractivity contribution in [2.45, 2.75) is 27.3 Å². The van der Waals surface area contributed by atoms with Gasteiger partial charge in [0.15, 0.2) is 11.5 Å². The van der Waals surface area contributed by atoms with Crippen LogP contribution < -0.4 is 9.47 Å². The third-order valence-corrected chi connectivity index (χ3v) is 5.57. The third kappa shape index (κ3) is 5.61. The molecule has 6 heteroatoms. The summed E-state index contributed by atoms with van der Waals surface area (Å²) in [7, 11) is 0. The van der Waals surface area contributed by atoms with Crippen molar-refractivity contribution in [3.05, 3.63) is 64.6 Å². The van der Waals surface area contributed by atoms with E-state index < -0.39 is 0 Å². The maximum Gasteiger partial charge on any atom is 0.266 e. The number of hydrogen-bond acceptors (Lipinski definition) is 5. The molecule has 4 nitrogen and oxygen atoms in total. The summed E-state index contributed by atoms with van der Waals surface area (Å²) in [6.45, 7) is 7.79. The van der Waals surface area contributed by atoms with Crippen molar-refractivity contribution >= 4 is 40.3 Å². The molecule has 0 aromatic heterocycles. The summed E-state index contributed by atoms with van der Waals surface area (Å²) in [5.74, 6) is 1.76. The zero-order chi connectivity index (χ0) is 20.8. The molecule has 1 aliphatic rings. The fraction of sp³-hybridized carbons (Fsp3) is 0.304. The van der Waals surface area contributed by atoms with Crippen LogP contribution in [0.4, 0.5) is 0 Å². The van der Waals surface area contributed by atoms with Crippen LogP contribution in [-0.4, -0.2) is 28.3 Å². The van der Waals surface area contributed by atoms with Crippen LogP contribution >= 0.6 is 24.0 Å². The first-order valence-corrected chi connectivity index (χ1v) is 10.9. The Bertz CT molecular complexity index is 910. The van der Waals surface area contributed by atoms with Crippen molar-refractivity contribution < 1.29 is 14.3 Å². The fourth-order valence-corrected chi connectivity index (χ4v) is 4.07. The van der Waals surface area contributed by atoms with E-state index >= 15 is 0 Å². The quantitative estimate of drug-likeness (QED) is 0.410. The summed E-state index contributed by atoms with van der Waals surface area (Å²) in [5.41, 5.74) is 1.93. The van der Waals surface area contributed by atoms with Crippen molar-refractivity contribution in [2.24, 2.45) is 5.92 Å². The van der Waals surface area contributed by atoms with Gasteiger partial charge in [-0.2, -0.15) is 0 Å². The molecule has 152 valence electrons. The van der Waals surface area contributed by atoms with Crippen LogP contribution in [0.5, 0.6) is 11.5 Å². The van der Waals surface area contributed by atoms with Crippen LogP contribution in [-0.2, 0) is 11.3 Å². The molecule has 0 bridgehead atoms. The van der Waals surface area contributed by atoms with Crippen molar-refractivity contribution in [1.29, 1.82) is 0 Å².